The molecule has 66 valence electrons. The normalized spacial score (nSPS) is 30.4. The summed E-state index contributed by atoms with van der Waals surface area (Å²) in [5.74, 6) is 0.606. The van der Waals surface area contributed by atoms with Crippen LogP contribution in [0.5, 0.6) is 0 Å². The molecule has 2 unspecified atom stereocenters. The number of rotatable bonds is 4. The van der Waals surface area contributed by atoms with Crippen molar-refractivity contribution in [1.29, 1.82) is 0 Å². The summed E-state index contributed by atoms with van der Waals surface area (Å²) in [7, 11) is -2.96. The van der Waals surface area contributed by atoms with Crippen LogP contribution in [-0.4, -0.2) is 20.7 Å². The average molecular weight is 177 g/mol. The Morgan fingerprint density at radius 1 is 1.55 bits per heavy atom. The molecule has 0 saturated heterocycles. The van der Waals surface area contributed by atoms with Crippen molar-refractivity contribution in [2.75, 3.05) is 6.26 Å². The van der Waals surface area contributed by atoms with Crippen LogP contribution in [0.1, 0.15) is 26.2 Å². The van der Waals surface area contributed by atoms with Crippen LogP contribution in [-0.2, 0) is 10.0 Å². The third-order valence-electron chi connectivity index (χ3n) is 1.95. The third kappa shape index (κ3) is 3.20. The van der Waals surface area contributed by atoms with Gasteiger partial charge in [-0.2, -0.15) is 0 Å². The monoisotopic (exact) mass is 177 g/mol. The Kier molecular flexibility index (Phi) is 2.54. The molecule has 2 atom stereocenters. The molecule has 0 aliphatic heterocycles. The van der Waals surface area contributed by atoms with E-state index in [0.29, 0.717) is 5.92 Å². The minimum atomic E-state index is -2.96. The lowest BCUT2D eigenvalue weighted by molar-refractivity contribution is 0.579. The smallest absolute Gasteiger partial charge is 0.208 e. The van der Waals surface area contributed by atoms with Gasteiger partial charge in [-0.3, -0.25) is 0 Å². The second-order valence-corrected chi connectivity index (χ2v) is 5.06. The Balaban J connectivity index is 2.24. The van der Waals surface area contributed by atoms with Gasteiger partial charge in [0.25, 0.3) is 0 Å². The minimum absolute atomic E-state index is 0.241. The van der Waals surface area contributed by atoms with Gasteiger partial charge in [0.2, 0.25) is 10.0 Å². The minimum Gasteiger partial charge on any atom is -0.213 e. The molecule has 0 aromatic heterocycles. The lowest BCUT2D eigenvalue weighted by atomic mass is 10.2. The molecule has 3 nitrogen and oxygen atoms in total. The van der Waals surface area contributed by atoms with Crippen LogP contribution in [0.15, 0.2) is 0 Å². The molecular weight excluding hydrogens is 162 g/mol. The molecule has 11 heavy (non-hydrogen) atoms. The van der Waals surface area contributed by atoms with Crippen molar-refractivity contribution < 1.29 is 8.42 Å². The topological polar surface area (TPSA) is 46.2 Å². The summed E-state index contributed by atoms with van der Waals surface area (Å²) in [6, 6.07) is 0.241. The zero-order chi connectivity index (χ0) is 8.48. The Morgan fingerprint density at radius 3 is 2.64 bits per heavy atom. The fraction of sp³-hybridized carbons (Fsp3) is 1.00. The maximum Gasteiger partial charge on any atom is 0.208 e. The van der Waals surface area contributed by atoms with E-state index in [4.69, 9.17) is 0 Å². The quantitative estimate of drug-likeness (QED) is 0.688. The fourth-order valence-corrected chi connectivity index (χ4v) is 2.20. The summed E-state index contributed by atoms with van der Waals surface area (Å²) < 4.78 is 24.0. The standard InChI is InChI=1S/C7H15NO2S/c1-3-4-6-5-7(6)8-11(2,9)10/h6-8H,3-5H2,1-2H3. The molecule has 1 aliphatic carbocycles. The number of sulfonamides is 1. The van der Waals surface area contributed by atoms with Gasteiger partial charge < -0.3 is 0 Å². The van der Waals surface area contributed by atoms with E-state index in [1.165, 1.54) is 6.26 Å². The summed E-state index contributed by atoms with van der Waals surface area (Å²) in [4.78, 5) is 0. The van der Waals surface area contributed by atoms with Gasteiger partial charge in [-0.05, 0) is 18.8 Å². The van der Waals surface area contributed by atoms with E-state index < -0.39 is 10.0 Å². The van der Waals surface area contributed by atoms with Gasteiger partial charge in [0.1, 0.15) is 0 Å². The second-order valence-electron chi connectivity index (χ2n) is 3.28. The lowest BCUT2D eigenvalue weighted by Crippen LogP contribution is -2.25. The number of nitrogens with one attached hydrogen (secondary N) is 1. The molecule has 4 heteroatoms. The van der Waals surface area contributed by atoms with Gasteiger partial charge in [0.05, 0.1) is 6.26 Å². The highest BCUT2D eigenvalue weighted by Gasteiger charge is 2.37. The molecule has 1 fully saturated rings. The molecular formula is C7H15NO2S. The van der Waals surface area contributed by atoms with Gasteiger partial charge >= 0.3 is 0 Å². The molecule has 0 amide bonds. The molecule has 0 aromatic carbocycles. The summed E-state index contributed by atoms with van der Waals surface area (Å²) in [6.45, 7) is 2.12. The van der Waals surface area contributed by atoms with Crippen molar-refractivity contribution in [2.45, 2.75) is 32.2 Å². The van der Waals surface area contributed by atoms with Crippen LogP contribution in [0, 0.1) is 5.92 Å². The van der Waals surface area contributed by atoms with E-state index >= 15 is 0 Å². The van der Waals surface area contributed by atoms with Crippen LogP contribution >= 0.6 is 0 Å². The first-order valence-electron chi connectivity index (χ1n) is 4.00. The number of hydrogen-bond donors (Lipinski definition) is 1. The number of hydrogen-bond acceptors (Lipinski definition) is 2. The van der Waals surface area contributed by atoms with Crippen LogP contribution in [0.25, 0.3) is 0 Å². The highest BCUT2D eigenvalue weighted by Crippen LogP contribution is 2.34. The third-order valence-corrected chi connectivity index (χ3v) is 2.68. The van der Waals surface area contributed by atoms with E-state index in [2.05, 4.69) is 11.6 Å². The highest BCUT2D eigenvalue weighted by atomic mass is 32.2. The van der Waals surface area contributed by atoms with E-state index in [1.807, 2.05) is 0 Å². The van der Waals surface area contributed by atoms with E-state index in [0.717, 1.165) is 19.3 Å². The molecule has 0 heterocycles. The van der Waals surface area contributed by atoms with Gasteiger partial charge in [-0.25, -0.2) is 13.1 Å². The predicted octanol–water partition coefficient (Wildman–Crippen LogP) is 0.724. The predicted molar refractivity (Wildman–Crippen MR) is 44.8 cm³/mol. The van der Waals surface area contributed by atoms with Gasteiger partial charge in [0, 0.05) is 6.04 Å². The maximum atomic E-state index is 10.7. The van der Waals surface area contributed by atoms with Crippen molar-refractivity contribution in [1.82, 2.24) is 4.72 Å². The van der Waals surface area contributed by atoms with E-state index in [1.54, 1.807) is 0 Å². The van der Waals surface area contributed by atoms with Gasteiger partial charge in [0.15, 0.2) is 0 Å². The molecule has 0 bridgehead atoms. The summed E-state index contributed by atoms with van der Waals surface area (Å²) in [5, 5.41) is 0. The maximum absolute atomic E-state index is 10.7. The summed E-state index contributed by atoms with van der Waals surface area (Å²) >= 11 is 0. The fourth-order valence-electron chi connectivity index (χ4n) is 1.36. The molecule has 1 rings (SSSR count). The van der Waals surface area contributed by atoms with E-state index in [-0.39, 0.29) is 6.04 Å². The van der Waals surface area contributed by atoms with Gasteiger partial charge in [-0.15, -0.1) is 0 Å². The molecule has 1 N–H and O–H groups in total. The van der Waals surface area contributed by atoms with E-state index in [9.17, 15) is 8.42 Å². The van der Waals surface area contributed by atoms with Crippen LogP contribution in [0.4, 0.5) is 0 Å². The first kappa shape index (κ1) is 9.00. The zero-order valence-corrected chi connectivity index (χ0v) is 7.82. The molecule has 0 spiro atoms. The van der Waals surface area contributed by atoms with Crippen molar-refractivity contribution in [3.8, 4) is 0 Å². The summed E-state index contributed by atoms with van der Waals surface area (Å²) in [5.41, 5.74) is 0. The first-order valence-corrected chi connectivity index (χ1v) is 5.89. The van der Waals surface area contributed by atoms with Crippen molar-refractivity contribution in [2.24, 2.45) is 5.92 Å². The molecule has 1 saturated carbocycles. The second kappa shape index (κ2) is 3.11. The molecule has 1 aliphatic rings. The highest BCUT2D eigenvalue weighted by molar-refractivity contribution is 7.88. The Bertz CT molecular complexity index is 223. The van der Waals surface area contributed by atoms with Crippen molar-refractivity contribution in [3.63, 3.8) is 0 Å². The first-order chi connectivity index (χ1) is 5.03. The molecule has 0 aromatic rings. The SMILES string of the molecule is CCCC1CC1NS(C)(=O)=O. The average Bonchev–Trinajstić information content (AvgIpc) is 2.44. The largest absolute Gasteiger partial charge is 0.213 e. The van der Waals surface area contributed by atoms with Crippen molar-refractivity contribution in [3.05, 3.63) is 0 Å². The Labute approximate surface area is 68.2 Å². The molecule has 0 radical (unpaired) electrons. The summed E-state index contributed by atoms with van der Waals surface area (Å²) in [6.07, 6.45) is 4.54. The lowest BCUT2D eigenvalue weighted by Gasteiger charge is -1.98. The van der Waals surface area contributed by atoms with Crippen molar-refractivity contribution >= 4 is 10.0 Å². The van der Waals surface area contributed by atoms with Crippen LogP contribution < -0.4 is 4.72 Å². The Hall–Kier alpha value is -0.0900. The van der Waals surface area contributed by atoms with Gasteiger partial charge in [-0.1, -0.05) is 13.3 Å². The van der Waals surface area contributed by atoms with Crippen LogP contribution in [0.3, 0.4) is 0 Å². The van der Waals surface area contributed by atoms with Crippen LogP contribution in [0.2, 0.25) is 0 Å². The Morgan fingerprint density at radius 2 is 2.18 bits per heavy atom. The zero-order valence-electron chi connectivity index (χ0n) is 7.00.